The molecule has 1 aromatic carbocycles. The Bertz CT molecular complexity index is 462. The van der Waals surface area contributed by atoms with Crippen molar-refractivity contribution in [2.24, 2.45) is 7.05 Å². The van der Waals surface area contributed by atoms with Crippen LogP contribution in [0.5, 0.6) is 0 Å². The van der Waals surface area contributed by atoms with E-state index in [1.807, 2.05) is 31.3 Å². The SMILES string of the molecule is Cn1nc(C#N)c2ccccc21. The van der Waals surface area contributed by atoms with Crippen molar-refractivity contribution in [3.63, 3.8) is 0 Å². The van der Waals surface area contributed by atoms with Crippen molar-refractivity contribution in [3.05, 3.63) is 30.0 Å². The summed E-state index contributed by atoms with van der Waals surface area (Å²) in [6, 6.07) is 9.75. The van der Waals surface area contributed by atoms with Crippen LogP contribution < -0.4 is 0 Å². The predicted octanol–water partition coefficient (Wildman–Crippen LogP) is 1.44. The van der Waals surface area contributed by atoms with Crippen LogP contribution in [0.25, 0.3) is 10.9 Å². The van der Waals surface area contributed by atoms with Crippen molar-refractivity contribution in [1.29, 1.82) is 5.26 Å². The van der Waals surface area contributed by atoms with Crippen LogP contribution >= 0.6 is 0 Å². The van der Waals surface area contributed by atoms with Gasteiger partial charge in [0.05, 0.1) is 5.52 Å². The number of fused-ring (bicyclic) bond motifs is 1. The Labute approximate surface area is 69.8 Å². The van der Waals surface area contributed by atoms with E-state index in [0.29, 0.717) is 5.69 Å². The number of hydrogen-bond acceptors (Lipinski definition) is 2. The fourth-order valence-electron chi connectivity index (χ4n) is 1.30. The minimum absolute atomic E-state index is 0.494. The van der Waals surface area contributed by atoms with Gasteiger partial charge in [0.15, 0.2) is 5.69 Å². The molecular formula is C9H7N3. The van der Waals surface area contributed by atoms with Crippen LogP contribution in [0.2, 0.25) is 0 Å². The molecule has 0 N–H and O–H groups in total. The van der Waals surface area contributed by atoms with Crippen molar-refractivity contribution < 1.29 is 0 Å². The molecule has 0 bridgehead atoms. The maximum atomic E-state index is 8.72. The Hall–Kier alpha value is -1.82. The average molecular weight is 157 g/mol. The number of aromatic nitrogens is 2. The van der Waals surface area contributed by atoms with E-state index in [1.54, 1.807) is 4.68 Å². The molecule has 0 saturated heterocycles. The van der Waals surface area contributed by atoms with Gasteiger partial charge in [0, 0.05) is 12.4 Å². The summed E-state index contributed by atoms with van der Waals surface area (Å²) in [4.78, 5) is 0. The van der Waals surface area contributed by atoms with Crippen molar-refractivity contribution in [3.8, 4) is 6.07 Å². The molecule has 0 atom stereocenters. The van der Waals surface area contributed by atoms with Crippen molar-refractivity contribution >= 4 is 10.9 Å². The molecule has 0 saturated carbocycles. The number of para-hydroxylation sites is 1. The molecular weight excluding hydrogens is 150 g/mol. The molecule has 0 unspecified atom stereocenters. The Morgan fingerprint density at radius 2 is 2.17 bits per heavy atom. The fraction of sp³-hybridized carbons (Fsp3) is 0.111. The van der Waals surface area contributed by atoms with Gasteiger partial charge >= 0.3 is 0 Å². The highest BCUT2D eigenvalue weighted by molar-refractivity contribution is 5.83. The summed E-state index contributed by atoms with van der Waals surface area (Å²) in [7, 11) is 1.84. The first-order valence-electron chi connectivity index (χ1n) is 3.65. The summed E-state index contributed by atoms with van der Waals surface area (Å²) in [5.41, 5.74) is 1.49. The molecule has 2 rings (SSSR count). The molecule has 0 fully saturated rings. The number of aryl methyl sites for hydroxylation is 1. The largest absolute Gasteiger partial charge is 0.267 e. The van der Waals surface area contributed by atoms with Gasteiger partial charge in [-0.15, -0.1) is 0 Å². The molecule has 0 radical (unpaired) electrons. The summed E-state index contributed by atoms with van der Waals surface area (Å²) in [6.45, 7) is 0. The third-order valence-electron chi connectivity index (χ3n) is 1.86. The topological polar surface area (TPSA) is 41.6 Å². The molecule has 0 spiro atoms. The minimum Gasteiger partial charge on any atom is -0.267 e. The van der Waals surface area contributed by atoms with Crippen LogP contribution in [0.1, 0.15) is 5.69 Å². The number of nitrogens with zero attached hydrogens (tertiary/aromatic N) is 3. The zero-order valence-electron chi connectivity index (χ0n) is 6.65. The number of rotatable bonds is 0. The Morgan fingerprint density at radius 1 is 1.42 bits per heavy atom. The van der Waals surface area contributed by atoms with Gasteiger partial charge in [-0.1, -0.05) is 12.1 Å². The lowest BCUT2D eigenvalue weighted by molar-refractivity contribution is 0.791. The van der Waals surface area contributed by atoms with Gasteiger partial charge in [0.1, 0.15) is 6.07 Å². The first kappa shape index (κ1) is 6.86. The highest BCUT2D eigenvalue weighted by Gasteiger charge is 2.04. The predicted molar refractivity (Wildman–Crippen MR) is 45.4 cm³/mol. The second-order valence-corrected chi connectivity index (χ2v) is 2.60. The Kier molecular flexibility index (Phi) is 1.34. The Morgan fingerprint density at radius 3 is 2.92 bits per heavy atom. The second kappa shape index (κ2) is 2.35. The minimum atomic E-state index is 0.494. The van der Waals surface area contributed by atoms with E-state index in [1.165, 1.54) is 0 Å². The van der Waals surface area contributed by atoms with E-state index in [-0.39, 0.29) is 0 Å². The molecule has 2 aromatic rings. The Balaban J connectivity index is 2.94. The quantitative estimate of drug-likeness (QED) is 0.580. The van der Waals surface area contributed by atoms with Crippen molar-refractivity contribution in [2.75, 3.05) is 0 Å². The maximum absolute atomic E-state index is 8.72. The summed E-state index contributed by atoms with van der Waals surface area (Å²) in [5, 5.41) is 13.7. The molecule has 12 heavy (non-hydrogen) atoms. The van der Waals surface area contributed by atoms with Crippen LogP contribution in [0.4, 0.5) is 0 Å². The van der Waals surface area contributed by atoms with Gasteiger partial charge in [0.2, 0.25) is 0 Å². The zero-order valence-corrected chi connectivity index (χ0v) is 6.65. The van der Waals surface area contributed by atoms with Gasteiger partial charge in [-0.3, -0.25) is 4.68 Å². The number of nitriles is 1. The smallest absolute Gasteiger partial charge is 0.170 e. The lowest BCUT2D eigenvalue weighted by Crippen LogP contribution is -1.88. The van der Waals surface area contributed by atoms with E-state index in [2.05, 4.69) is 11.2 Å². The summed E-state index contributed by atoms with van der Waals surface area (Å²) in [5.74, 6) is 0. The molecule has 1 aromatic heterocycles. The summed E-state index contributed by atoms with van der Waals surface area (Å²) >= 11 is 0. The first-order valence-corrected chi connectivity index (χ1v) is 3.65. The van der Waals surface area contributed by atoms with E-state index >= 15 is 0 Å². The van der Waals surface area contributed by atoms with Crippen LogP contribution in [0.15, 0.2) is 24.3 Å². The summed E-state index contributed by atoms with van der Waals surface area (Å²) in [6.07, 6.45) is 0. The highest BCUT2D eigenvalue weighted by Crippen LogP contribution is 2.15. The van der Waals surface area contributed by atoms with Crippen LogP contribution in [-0.4, -0.2) is 9.78 Å². The maximum Gasteiger partial charge on any atom is 0.170 e. The zero-order chi connectivity index (χ0) is 8.55. The van der Waals surface area contributed by atoms with Crippen LogP contribution in [0, 0.1) is 11.3 Å². The molecule has 3 heteroatoms. The third-order valence-corrected chi connectivity index (χ3v) is 1.86. The van der Waals surface area contributed by atoms with Gasteiger partial charge < -0.3 is 0 Å². The molecule has 0 aliphatic heterocycles. The van der Waals surface area contributed by atoms with Crippen molar-refractivity contribution in [2.45, 2.75) is 0 Å². The first-order chi connectivity index (χ1) is 5.83. The van der Waals surface area contributed by atoms with Gasteiger partial charge in [-0.05, 0) is 12.1 Å². The van der Waals surface area contributed by atoms with E-state index in [4.69, 9.17) is 5.26 Å². The molecule has 3 nitrogen and oxygen atoms in total. The standard InChI is InChI=1S/C9H7N3/c1-12-9-5-3-2-4-7(9)8(6-10)11-12/h2-5H,1H3. The number of hydrogen-bond donors (Lipinski definition) is 0. The monoisotopic (exact) mass is 157 g/mol. The summed E-state index contributed by atoms with van der Waals surface area (Å²) < 4.78 is 1.72. The average Bonchev–Trinajstić information content (AvgIpc) is 2.44. The van der Waals surface area contributed by atoms with E-state index in [0.717, 1.165) is 10.9 Å². The van der Waals surface area contributed by atoms with E-state index < -0.39 is 0 Å². The van der Waals surface area contributed by atoms with Gasteiger partial charge in [-0.25, -0.2) is 0 Å². The molecule has 1 heterocycles. The molecule has 58 valence electrons. The fourth-order valence-corrected chi connectivity index (χ4v) is 1.30. The molecule has 0 amide bonds. The third kappa shape index (κ3) is 0.785. The lowest BCUT2D eigenvalue weighted by Gasteiger charge is -1.89. The second-order valence-electron chi connectivity index (χ2n) is 2.60. The van der Waals surface area contributed by atoms with Crippen LogP contribution in [0.3, 0.4) is 0 Å². The van der Waals surface area contributed by atoms with Gasteiger partial charge in [0.25, 0.3) is 0 Å². The van der Waals surface area contributed by atoms with E-state index in [9.17, 15) is 0 Å². The molecule has 0 aliphatic carbocycles. The number of benzene rings is 1. The van der Waals surface area contributed by atoms with Crippen LogP contribution in [-0.2, 0) is 7.05 Å². The lowest BCUT2D eigenvalue weighted by atomic mass is 10.2. The molecule has 0 aliphatic rings. The normalized spacial score (nSPS) is 10.0. The van der Waals surface area contributed by atoms with Gasteiger partial charge in [-0.2, -0.15) is 10.4 Å². The highest BCUT2D eigenvalue weighted by atomic mass is 15.3. The van der Waals surface area contributed by atoms with Crippen molar-refractivity contribution in [1.82, 2.24) is 9.78 Å².